The van der Waals surface area contributed by atoms with Gasteiger partial charge in [0.2, 0.25) is 11.8 Å². The zero-order chi connectivity index (χ0) is 18.6. The summed E-state index contributed by atoms with van der Waals surface area (Å²) >= 11 is 0. The molecule has 8 heteroatoms. The molecular formula is C19H18N6O2. The Hall–Kier alpha value is -3.55. The van der Waals surface area contributed by atoms with E-state index < -0.39 is 0 Å². The number of aromatic nitrogens is 5. The third-order valence-electron chi connectivity index (χ3n) is 4.22. The van der Waals surface area contributed by atoms with Crippen LogP contribution in [0.3, 0.4) is 0 Å². The first kappa shape index (κ1) is 16.9. The molecule has 0 saturated heterocycles. The molecule has 0 aliphatic carbocycles. The number of amides is 1. The summed E-state index contributed by atoms with van der Waals surface area (Å²) in [4.78, 5) is 25.6. The molecule has 0 aliphatic rings. The highest BCUT2D eigenvalue weighted by Crippen LogP contribution is 2.19. The molecule has 0 fully saturated rings. The summed E-state index contributed by atoms with van der Waals surface area (Å²) in [6.45, 7) is 0.375. The number of para-hydroxylation sites is 2. The number of hydrogen-bond donors (Lipinski definition) is 1. The zero-order valence-corrected chi connectivity index (χ0v) is 14.8. The van der Waals surface area contributed by atoms with Crippen LogP contribution in [0.25, 0.3) is 16.7 Å². The normalized spacial score (nSPS) is 11.0. The molecule has 0 spiro atoms. The second kappa shape index (κ2) is 7.36. The van der Waals surface area contributed by atoms with Crippen LogP contribution in [0.1, 0.15) is 17.7 Å². The van der Waals surface area contributed by atoms with Crippen LogP contribution >= 0.6 is 0 Å². The predicted octanol–water partition coefficient (Wildman–Crippen LogP) is 1.93. The lowest BCUT2D eigenvalue weighted by Gasteiger charge is -2.08. The van der Waals surface area contributed by atoms with Crippen LogP contribution in [-0.4, -0.2) is 37.6 Å². The number of fused-ring (bicyclic) bond motifs is 2. The van der Waals surface area contributed by atoms with E-state index in [0.29, 0.717) is 24.5 Å². The third-order valence-corrected chi connectivity index (χ3v) is 4.22. The van der Waals surface area contributed by atoms with Gasteiger partial charge in [0.25, 0.3) is 0 Å². The molecule has 1 amide bonds. The van der Waals surface area contributed by atoms with Crippen molar-refractivity contribution in [3.05, 3.63) is 60.2 Å². The van der Waals surface area contributed by atoms with Crippen molar-refractivity contribution in [2.45, 2.75) is 19.4 Å². The first-order chi connectivity index (χ1) is 13.2. The molecule has 8 nitrogen and oxygen atoms in total. The van der Waals surface area contributed by atoms with E-state index in [0.717, 1.165) is 22.2 Å². The summed E-state index contributed by atoms with van der Waals surface area (Å²) in [6.07, 6.45) is 5.96. The van der Waals surface area contributed by atoms with Crippen molar-refractivity contribution in [2.75, 3.05) is 7.11 Å². The Kier molecular flexibility index (Phi) is 4.61. The smallest absolute Gasteiger partial charge is 0.235 e. The Morgan fingerprint density at radius 2 is 2.00 bits per heavy atom. The van der Waals surface area contributed by atoms with Crippen LogP contribution in [0.4, 0.5) is 0 Å². The van der Waals surface area contributed by atoms with Crippen LogP contribution in [0.5, 0.6) is 5.88 Å². The lowest BCUT2D eigenvalue weighted by molar-refractivity contribution is -0.121. The van der Waals surface area contributed by atoms with Gasteiger partial charge in [0.1, 0.15) is 5.69 Å². The molecule has 3 heterocycles. The van der Waals surface area contributed by atoms with Crippen LogP contribution < -0.4 is 10.1 Å². The molecule has 0 saturated carbocycles. The summed E-state index contributed by atoms with van der Waals surface area (Å²) in [5, 5.41) is 7.11. The molecule has 0 unspecified atom stereocenters. The number of carbonyl (C=O) groups is 1. The Labute approximate surface area is 155 Å². The van der Waals surface area contributed by atoms with Gasteiger partial charge in [0.05, 0.1) is 24.3 Å². The third kappa shape index (κ3) is 3.55. The lowest BCUT2D eigenvalue weighted by Crippen LogP contribution is -2.23. The fourth-order valence-electron chi connectivity index (χ4n) is 2.86. The van der Waals surface area contributed by atoms with Crippen LogP contribution in [0.2, 0.25) is 0 Å². The molecule has 4 aromatic rings. The number of benzene rings is 1. The maximum absolute atomic E-state index is 12.3. The van der Waals surface area contributed by atoms with Crippen molar-refractivity contribution in [1.29, 1.82) is 0 Å². The largest absolute Gasteiger partial charge is 0.480 e. The van der Waals surface area contributed by atoms with E-state index in [1.165, 1.54) is 0 Å². The number of ether oxygens (including phenoxy) is 1. The molecular weight excluding hydrogens is 344 g/mol. The van der Waals surface area contributed by atoms with Gasteiger partial charge in [-0.15, -0.1) is 0 Å². The van der Waals surface area contributed by atoms with E-state index >= 15 is 0 Å². The molecule has 4 rings (SSSR count). The number of methoxy groups -OCH3 is 1. The van der Waals surface area contributed by atoms with E-state index in [1.807, 2.05) is 30.5 Å². The highest BCUT2D eigenvalue weighted by atomic mass is 16.5. The Morgan fingerprint density at radius 3 is 2.81 bits per heavy atom. The topological polar surface area (TPSA) is 94.3 Å². The fourth-order valence-corrected chi connectivity index (χ4v) is 2.86. The van der Waals surface area contributed by atoms with E-state index in [-0.39, 0.29) is 12.3 Å². The van der Waals surface area contributed by atoms with Gasteiger partial charge in [-0.3, -0.25) is 4.79 Å². The average Bonchev–Trinajstić information content (AvgIpc) is 3.13. The van der Waals surface area contributed by atoms with E-state index in [1.54, 1.807) is 30.1 Å². The number of aryl methyl sites for hydroxylation is 1. The van der Waals surface area contributed by atoms with Gasteiger partial charge in [-0.2, -0.15) is 5.10 Å². The molecule has 136 valence electrons. The first-order valence-electron chi connectivity index (χ1n) is 8.58. The summed E-state index contributed by atoms with van der Waals surface area (Å²) in [6, 6.07) is 9.39. The van der Waals surface area contributed by atoms with Crippen molar-refractivity contribution in [3.63, 3.8) is 0 Å². The second-order valence-electron chi connectivity index (χ2n) is 6.00. The summed E-state index contributed by atoms with van der Waals surface area (Å²) in [5.41, 5.74) is 3.82. The minimum Gasteiger partial charge on any atom is -0.480 e. The van der Waals surface area contributed by atoms with Crippen molar-refractivity contribution in [3.8, 4) is 5.88 Å². The average molecular weight is 362 g/mol. The quantitative estimate of drug-likeness (QED) is 0.563. The number of carbonyl (C=O) groups excluding carboxylic acids is 1. The highest BCUT2D eigenvalue weighted by Gasteiger charge is 2.12. The highest BCUT2D eigenvalue weighted by molar-refractivity contribution is 5.77. The number of nitrogens with one attached hydrogen (secondary N) is 1. The van der Waals surface area contributed by atoms with Crippen LogP contribution in [-0.2, 0) is 17.8 Å². The molecule has 0 radical (unpaired) electrons. The van der Waals surface area contributed by atoms with E-state index in [9.17, 15) is 4.79 Å². The number of nitrogens with zero attached hydrogens (tertiary/aromatic N) is 5. The maximum atomic E-state index is 12.3. The summed E-state index contributed by atoms with van der Waals surface area (Å²) in [5.74, 6) is 0.371. The monoisotopic (exact) mass is 362 g/mol. The van der Waals surface area contributed by atoms with Crippen molar-refractivity contribution >= 4 is 22.6 Å². The Morgan fingerprint density at radius 1 is 1.19 bits per heavy atom. The van der Waals surface area contributed by atoms with Crippen molar-refractivity contribution in [2.24, 2.45) is 0 Å². The standard InChI is InChI=1S/C19H18N6O2/c1-27-19-16(23-14-5-2-3-6-15(14)24-19)7-8-17(26)21-11-13-12-22-25-10-4-9-20-18(13)25/h2-6,9-10,12H,7-8,11H2,1H3,(H,21,26). The van der Waals surface area contributed by atoms with Gasteiger partial charge in [-0.25, -0.2) is 19.5 Å². The van der Waals surface area contributed by atoms with Gasteiger partial charge >= 0.3 is 0 Å². The van der Waals surface area contributed by atoms with Crippen molar-refractivity contribution in [1.82, 2.24) is 29.9 Å². The van der Waals surface area contributed by atoms with E-state index in [4.69, 9.17) is 4.74 Å². The van der Waals surface area contributed by atoms with E-state index in [2.05, 4.69) is 25.4 Å². The first-order valence-corrected chi connectivity index (χ1v) is 8.58. The van der Waals surface area contributed by atoms with Gasteiger partial charge < -0.3 is 10.1 Å². The maximum Gasteiger partial charge on any atom is 0.235 e. The van der Waals surface area contributed by atoms with Gasteiger partial charge in [-0.1, -0.05) is 12.1 Å². The van der Waals surface area contributed by atoms with Gasteiger partial charge in [0, 0.05) is 37.3 Å². The fraction of sp³-hybridized carbons (Fsp3) is 0.211. The minimum absolute atomic E-state index is 0.0812. The number of hydrogen-bond acceptors (Lipinski definition) is 6. The zero-order valence-electron chi connectivity index (χ0n) is 14.8. The van der Waals surface area contributed by atoms with Crippen molar-refractivity contribution < 1.29 is 9.53 Å². The molecule has 27 heavy (non-hydrogen) atoms. The van der Waals surface area contributed by atoms with Crippen LogP contribution in [0, 0.1) is 0 Å². The van der Waals surface area contributed by atoms with Crippen LogP contribution in [0.15, 0.2) is 48.9 Å². The minimum atomic E-state index is -0.0812. The van der Waals surface area contributed by atoms with Gasteiger partial charge in [0.15, 0.2) is 5.65 Å². The molecule has 1 N–H and O–H groups in total. The lowest BCUT2D eigenvalue weighted by atomic mass is 10.2. The second-order valence-corrected chi connectivity index (χ2v) is 6.00. The molecule has 0 atom stereocenters. The summed E-state index contributed by atoms with van der Waals surface area (Å²) < 4.78 is 7.01. The van der Waals surface area contributed by atoms with Gasteiger partial charge in [-0.05, 0) is 18.2 Å². The predicted molar refractivity (Wildman–Crippen MR) is 99.2 cm³/mol. The SMILES string of the molecule is COc1nc2ccccc2nc1CCC(=O)NCc1cnn2cccnc12. The summed E-state index contributed by atoms with van der Waals surface area (Å²) in [7, 11) is 1.56. The Balaban J connectivity index is 1.41. The molecule has 0 aliphatic heterocycles. The molecule has 0 bridgehead atoms. The molecule has 1 aromatic carbocycles. The Bertz CT molecular complexity index is 1110. The molecule has 3 aromatic heterocycles. The number of rotatable bonds is 6.